The van der Waals surface area contributed by atoms with E-state index in [1.165, 1.54) is 12.8 Å². The molecule has 0 aromatic carbocycles. The lowest BCUT2D eigenvalue weighted by molar-refractivity contribution is 0.123. The quantitative estimate of drug-likeness (QED) is 0.513. The van der Waals surface area contributed by atoms with Gasteiger partial charge in [-0.25, -0.2) is 14.5 Å². The van der Waals surface area contributed by atoms with Crippen LogP contribution in [0.4, 0.5) is 5.69 Å². The molecule has 2 aliphatic heterocycles. The first-order valence-electron chi connectivity index (χ1n) is 11.3. The number of fused-ring (bicyclic) bond motifs is 2. The summed E-state index contributed by atoms with van der Waals surface area (Å²) in [6.07, 6.45) is 7.18. The summed E-state index contributed by atoms with van der Waals surface area (Å²) >= 11 is 0. The fraction of sp³-hybridized carbons (Fsp3) is 0.435. The molecule has 1 atom stereocenters. The van der Waals surface area contributed by atoms with Gasteiger partial charge in [-0.05, 0) is 37.6 Å². The highest BCUT2D eigenvalue weighted by atomic mass is 16.5. The van der Waals surface area contributed by atoms with Crippen molar-refractivity contribution < 1.29 is 13.9 Å². The van der Waals surface area contributed by atoms with E-state index in [0.717, 1.165) is 61.7 Å². The number of morpholine rings is 1. The van der Waals surface area contributed by atoms with Gasteiger partial charge in [-0.1, -0.05) is 6.42 Å². The molecule has 1 N–H and O–H groups in total. The minimum absolute atomic E-state index is 0.378. The van der Waals surface area contributed by atoms with Crippen LogP contribution in [0.2, 0.25) is 0 Å². The van der Waals surface area contributed by atoms with Crippen LogP contribution in [0.5, 0.6) is 5.88 Å². The molecular weight excluding hydrogens is 408 g/mol. The Kier molecular flexibility index (Phi) is 5.12. The smallest absolute Gasteiger partial charge is 0.231 e. The largest absolute Gasteiger partial charge is 0.475 e. The molecular formula is C23H26N6O3. The second kappa shape index (κ2) is 8.40. The number of hydrogen-bond donors (Lipinski definition) is 1. The predicted octanol–water partition coefficient (Wildman–Crippen LogP) is 2.90. The lowest BCUT2D eigenvalue weighted by atomic mass is 10.1. The van der Waals surface area contributed by atoms with Crippen molar-refractivity contribution in [1.82, 2.24) is 24.9 Å². The summed E-state index contributed by atoms with van der Waals surface area (Å²) in [6, 6.07) is 8.22. The van der Waals surface area contributed by atoms with E-state index in [2.05, 4.69) is 25.3 Å². The van der Waals surface area contributed by atoms with Crippen molar-refractivity contribution in [2.24, 2.45) is 0 Å². The highest BCUT2D eigenvalue weighted by Gasteiger charge is 2.20. The highest BCUT2D eigenvalue weighted by molar-refractivity contribution is 5.91. The SMILES string of the molecule is c1cc(N2CCOCC2)c2cc(-c3cnc4ccc(OCC5CCCCN5)nn34)oc2n1. The van der Waals surface area contributed by atoms with Gasteiger partial charge in [0.2, 0.25) is 11.6 Å². The molecule has 0 saturated carbocycles. The zero-order valence-electron chi connectivity index (χ0n) is 17.9. The molecule has 1 unspecified atom stereocenters. The van der Waals surface area contributed by atoms with Gasteiger partial charge < -0.3 is 24.1 Å². The molecule has 9 heteroatoms. The van der Waals surface area contributed by atoms with E-state index in [9.17, 15) is 0 Å². The van der Waals surface area contributed by atoms with Crippen LogP contribution in [0.3, 0.4) is 0 Å². The molecule has 0 aliphatic carbocycles. The van der Waals surface area contributed by atoms with Crippen LogP contribution in [0, 0.1) is 0 Å². The Bertz CT molecular complexity index is 1220. The summed E-state index contributed by atoms with van der Waals surface area (Å²) in [6.45, 7) is 4.83. The number of ether oxygens (including phenoxy) is 2. The van der Waals surface area contributed by atoms with E-state index in [1.54, 1.807) is 16.9 Å². The molecule has 166 valence electrons. The third-order valence-corrected chi connectivity index (χ3v) is 6.20. The summed E-state index contributed by atoms with van der Waals surface area (Å²) in [7, 11) is 0. The molecule has 2 aliphatic rings. The van der Waals surface area contributed by atoms with Gasteiger partial charge in [0, 0.05) is 31.4 Å². The van der Waals surface area contributed by atoms with Crippen molar-refractivity contribution in [3.8, 4) is 17.3 Å². The van der Waals surface area contributed by atoms with E-state index < -0.39 is 0 Å². The first-order chi connectivity index (χ1) is 15.8. The third-order valence-electron chi connectivity index (χ3n) is 6.20. The van der Waals surface area contributed by atoms with Crippen LogP contribution in [-0.4, -0.2) is 65.1 Å². The molecule has 2 saturated heterocycles. The third kappa shape index (κ3) is 3.67. The molecule has 6 heterocycles. The minimum atomic E-state index is 0.378. The summed E-state index contributed by atoms with van der Waals surface area (Å²) in [5, 5.41) is 9.16. The van der Waals surface area contributed by atoms with Gasteiger partial charge >= 0.3 is 0 Å². The summed E-state index contributed by atoms with van der Waals surface area (Å²) in [4.78, 5) is 11.2. The standard InChI is InChI=1S/C23H26N6O3/c1-2-7-24-16(3-1)15-31-22-5-4-21-26-14-19(29(21)27-22)20-13-17-18(6-8-25-23(17)32-20)28-9-11-30-12-10-28/h4-6,8,13-14,16,24H,1-3,7,9-12,15H2. The van der Waals surface area contributed by atoms with Crippen LogP contribution in [-0.2, 0) is 4.74 Å². The topological polar surface area (TPSA) is 90.0 Å². The number of furan rings is 1. The van der Waals surface area contributed by atoms with Crippen molar-refractivity contribution in [3.63, 3.8) is 0 Å². The molecule has 0 bridgehead atoms. The second-order valence-electron chi connectivity index (χ2n) is 8.30. The summed E-state index contributed by atoms with van der Waals surface area (Å²) in [5.41, 5.74) is 3.23. The molecule has 2 fully saturated rings. The molecule has 0 amide bonds. The lowest BCUT2D eigenvalue weighted by Gasteiger charge is -2.29. The second-order valence-corrected chi connectivity index (χ2v) is 8.30. The van der Waals surface area contributed by atoms with Gasteiger partial charge in [-0.15, -0.1) is 5.10 Å². The van der Waals surface area contributed by atoms with Gasteiger partial charge in [-0.2, -0.15) is 0 Å². The van der Waals surface area contributed by atoms with Crippen molar-refractivity contribution in [1.29, 1.82) is 0 Å². The molecule has 9 nitrogen and oxygen atoms in total. The molecule has 0 radical (unpaired) electrons. The van der Waals surface area contributed by atoms with E-state index in [1.807, 2.05) is 24.3 Å². The van der Waals surface area contributed by atoms with E-state index >= 15 is 0 Å². The molecule has 32 heavy (non-hydrogen) atoms. The van der Waals surface area contributed by atoms with E-state index in [0.29, 0.717) is 30.0 Å². The van der Waals surface area contributed by atoms with Crippen molar-refractivity contribution in [2.45, 2.75) is 25.3 Å². The van der Waals surface area contributed by atoms with Crippen LogP contribution >= 0.6 is 0 Å². The van der Waals surface area contributed by atoms with Crippen molar-refractivity contribution in [3.05, 3.63) is 36.7 Å². The van der Waals surface area contributed by atoms with Gasteiger partial charge in [0.15, 0.2) is 11.4 Å². The van der Waals surface area contributed by atoms with Gasteiger partial charge in [0.05, 0.1) is 30.5 Å². The van der Waals surface area contributed by atoms with Crippen molar-refractivity contribution in [2.75, 3.05) is 44.4 Å². The number of hydrogen-bond acceptors (Lipinski definition) is 8. The van der Waals surface area contributed by atoms with E-state index in [-0.39, 0.29) is 0 Å². The zero-order chi connectivity index (χ0) is 21.3. The zero-order valence-corrected chi connectivity index (χ0v) is 17.9. The highest BCUT2D eigenvalue weighted by Crippen LogP contribution is 2.33. The van der Waals surface area contributed by atoms with Gasteiger partial charge in [-0.3, -0.25) is 0 Å². The first kappa shape index (κ1) is 19.5. The maximum atomic E-state index is 6.13. The predicted molar refractivity (Wildman–Crippen MR) is 120 cm³/mol. The molecule has 6 rings (SSSR count). The summed E-state index contributed by atoms with van der Waals surface area (Å²) in [5.74, 6) is 1.26. The molecule has 4 aromatic rings. The Balaban J connectivity index is 1.31. The van der Waals surface area contributed by atoms with Gasteiger partial charge in [0.25, 0.3) is 0 Å². The Morgan fingerprint density at radius 1 is 1.12 bits per heavy atom. The molecule has 0 spiro atoms. The van der Waals surface area contributed by atoms with Crippen molar-refractivity contribution >= 4 is 22.4 Å². The number of anilines is 1. The normalized spacial score (nSPS) is 19.6. The maximum absolute atomic E-state index is 6.13. The fourth-order valence-corrected chi connectivity index (χ4v) is 4.49. The minimum Gasteiger partial charge on any atom is -0.475 e. The van der Waals surface area contributed by atoms with Crippen LogP contribution in [0.1, 0.15) is 19.3 Å². The van der Waals surface area contributed by atoms with Crippen LogP contribution < -0.4 is 15.0 Å². The number of pyridine rings is 1. The summed E-state index contributed by atoms with van der Waals surface area (Å²) < 4.78 is 19.4. The average molecular weight is 435 g/mol. The average Bonchev–Trinajstić information content (AvgIpc) is 3.47. The van der Waals surface area contributed by atoms with Crippen LogP contribution in [0.15, 0.2) is 41.1 Å². The Morgan fingerprint density at radius 2 is 2.06 bits per heavy atom. The van der Waals surface area contributed by atoms with E-state index in [4.69, 9.17) is 13.9 Å². The number of imidazole rings is 1. The number of nitrogens with zero attached hydrogens (tertiary/aromatic N) is 5. The Morgan fingerprint density at radius 3 is 2.94 bits per heavy atom. The van der Waals surface area contributed by atoms with Gasteiger partial charge in [0.1, 0.15) is 12.3 Å². The number of piperidine rings is 1. The number of rotatable bonds is 5. The lowest BCUT2D eigenvalue weighted by Crippen LogP contribution is -2.38. The fourth-order valence-electron chi connectivity index (χ4n) is 4.49. The Hall–Kier alpha value is -3.17. The number of aromatic nitrogens is 4. The first-order valence-corrected chi connectivity index (χ1v) is 11.3. The number of nitrogens with one attached hydrogen (secondary N) is 1. The molecule has 4 aromatic heterocycles. The van der Waals surface area contributed by atoms with Crippen LogP contribution in [0.25, 0.3) is 28.2 Å². The monoisotopic (exact) mass is 434 g/mol. The Labute approximate surface area is 185 Å². The maximum Gasteiger partial charge on any atom is 0.231 e.